The Morgan fingerprint density at radius 2 is 1.76 bits per heavy atom. The van der Waals surface area contributed by atoms with Crippen molar-refractivity contribution in [3.8, 4) is 0 Å². The molecule has 0 fully saturated rings. The van der Waals surface area contributed by atoms with Crippen LogP contribution in [0.5, 0.6) is 0 Å². The van der Waals surface area contributed by atoms with E-state index >= 15 is 0 Å². The number of unbranched alkanes of at least 4 members (excludes halogenated alkanes) is 3. The van der Waals surface area contributed by atoms with E-state index in [2.05, 4.69) is 43.4 Å². The van der Waals surface area contributed by atoms with E-state index in [-0.39, 0.29) is 0 Å². The molecule has 2 nitrogen and oxygen atoms in total. The molecule has 0 spiro atoms. The van der Waals surface area contributed by atoms with Crippen LogP contribution in [0.4, 0.5) is 0 Å². The van der Waals surface area contributed by atoms with Crippen LogP contribution < -0.4 is 0 Å². The van der Waals surface area contributed by atoms with Crippen molar-refractivity contribution in [2.75, 3.05) is 0 Å². The lowest BCUT2D eigenvalue weighted by Crippen LogP contribution is -1.93. The summed E-state index contributed by atoms with van der Waals surface area (Å²) in [7, 11) is 0. The lowest BCUT2D eigenvalue weighted by Gasteiger charge is -1.94. The molecule has 0 aliphatic carbocycles. The van der Waals surface area contributed by atoms with Crippen LogP contribution in [0, 0.1) is 0 Å². The van der Waals surface area contributed by atoms with Crippen LogP contribution in [-0.2, 0) is 4.79 Å². The summed E-state index contributed by atoms with van der Waals surface area (Å²) >= 11 is 0. The molecule has 0 aromatic carbocycles. The average Bonchev–Trinajstić information content (AvgIpc) is 2.30. The molecule has 0 radical (unpaired) electrons. The van der Waals surface area contributed by atoms with Gasteiger partial charge in [-0.1, -0.05) is 49.8 Å². The summed E-state index contributed by atoms with van der Waals surface area (Å²) < 4.78 is 0. The molecule has 17 heavy (non-hydrogen) atoms. The first-order valence-electron chi connectivity index (χ1n) is 6.45. The van der Waals surface area contributed by atoms with Gasteiger partial charge < -0.3 is 5.11 Å². The van der Waals surface area contributed by atoms with E-state index in [1.807, 2.05) is 0 Å². The van der Waals surface area contributed by atoms with Gasteiger partial charge in [0.1, 0.15) is 0 Å². The monoisotopic (exact) mass is 236 g/mol. The molecule has 0 bridgehead atoms. The third kappa shape index (κ3) is 14.7. The van der Waals surface area contributed by atoms with Gasteiger partial charge in [0.25, 0.3) is 0 Å². The van der Waals surface area contributed by atoms with E-state index in [9.17, 15) is 4.79 Å². The fraction of sp³-hybridized carbons (Fsp3) is 0.533. The first-order valence-corrected chi connectivity index (χ1v) is 6.45. The Kier molecular flexibility index (Phi) is 11.8. The Bertz CT molecular complexity index is 262. The van der Waals surface area contributed by atoms with Crippen molar-refractivity contribution in [1.82, 2.24) is 0 Å². The van der Waals surface area contributed by atoms with Crippen LogP contribution in [-0.4, -0.2) is 11.1 Å². The van der Waals surface area contributed by atoms with Crippen molar-refractivity contribution in [2.24, 2.45) is 0 Å². The molecule has 0 saturated heterocycles. The van der Waals surface area contributed by atoms with Crippen molar-refractivity contribution < 1.29 is 9.90 Å². The predicted octanol–water partition coefficient (Wildman–Crippen LogP) is 4.49. The number of carboxylic acids is 1. The molecule has 0 aliphatic rings. The molecule has 0 aliphatic heterocycles. The second-order valence-electron chi connectivity index (χ2n) is 3.96. The van der Waals surface area contributed by atoms with Crippen molar-refractivity contribution in [1.29, 1.82) is 0 Å². The molecule has 0 saturated carbocycles. The summed E-state index contributed by atoms with van der Waals surface area (Å²) in [4.78, 5) is 10.3. The van der Waals surface area contributed by atoms with E-state index < -0.39 is 5.97 Å². The number of carboxylic acid groups (broad SMARTS) is 1. The predicted molar refractivity (Wildman–Crippen MR) is 73.0 cm³/mol. The van der Waals surface area contributed by atoms with E-state index in [1.165, 1.54) is 0 Å². The molecule has 0 aromatic heterocycles. The Hall–Kier alpha value is -1.31. The summed E-state index contributed by atoms with van der Waals surface area (Å²) in [6.07, 6.45) is 19.0. The summed E-state index contributed by atoms with van der Waals surface area (Å²) in [5, 5.41) is 8.45. The standard InChI is InChI=1S/C15H24O2/c1-2-3-4-5-6-7-8-9-10-11-12-13-14-15(16)17/h3-6,8-9H,2,7,10-14H2,1H3,(H,16,17)/b4-3-,6-5-,9-8-. The third-order valence-corrected chi connectivity index (χ3v) is 2.32. The van der Waals surface area contributed by atoms with Gasteiger partial charge in [-0.3, -0.25) is 4.79 Å². The van der Waals surface area contributed by atoms with Gasteiger partial charge in [0, 0.05) is 6.42 Å². The quantitative estimate of drug-likeness (QED) is 0.345. The van der Waals surface area contributed by atoms with Gasteiger partial charge in [-0.25, -0.2) is 0 Å². The van der Waals surface area contributed by atoms with Gasteiger partial charge in [-0.15, -0.1) is 0 Å². The highest BCUT2D eigenvalue weighted by molar-refractivity contribution is 5.66. The summed E-state index contributed by atoms with van der Waals surface area (Å²) in [6, 6.07) is 0. The lowest BCUT2D eigenvalue weighted by molar-refractivity contribution is -0.137. The van der Waals surface area contributed by atoms with Crippen LogP contribution in [0.1, 0.15) is 51.9 Å². The molecular formula is C15H24O2. The zero-order valence-electron chi connectivity index (χ0n) is 10.8. The van der Waals surface area contributed by atoms with Gasteiger partial charge in [-0.2, -0.15) is 0 Å². The van der Waals surface area contributed by atoms with Gasteiger partial charge in [-0.05, 0) is 32.1 Å². The zero-order chi connectivity index (χ0) is 12.8. The van der Waals surface area contributed by atoms with Crippen molar-refractivity contribution in [2.45, 2.75) is 51.9 Å². The molecule has 0 unspecified atom stereocenters. The first kappa shape index (κ1) is 15.7. The fourth-order valence-corrected chi connectivity index (χ4v) is 1.38. The lowest BCUT2D eigenvalue weighted by atomic mass is 10.1. The molecule has 2 heteroatoms. The zero-order valence-corrected chi connectivity index (χ0v) is 10.8. The number of carbonyl (C=O) groups is 1. The fourth-order valence-electron chi connectivity index (χ4n) is 1.38. The highest BCUT2D eigenvalue weighted by Gasteiger charge is 1.94. The number of rotatable bonds is 10. The van der Waals surface area contributed by atoms with Gasteiger partial charge in [0.2, 0.25) is 0 Å². The maximum atomic E-state index is 10.3. The topological polar surface area (TPSA) is 37.3 Å². The van der Waals surface area contributed by atoms with Crippen LogP contribution in [0.2, 0.25) is 0 Å². The maximum Gasteiger partial charge on any atom is 0.303 e. The van der Waals surface area contributed by atoms with E-state index in [0.29, 0.717) is 6.42 Å². The molecule has 0 heterocycles. The Labute approximate surface area is 105 Å². The highest BCUT2D eigenvalue weighted by Crippen LogP contribution is 2.04. The molecule has 96 valence electrons. The van der Waals surface area contributed by atoms with Crippen LogP contribution in [0.25, 0.3) is 0 Å². The molecule has 1 N–H and O–H groups in total. The van der Waals surface area contributed by atoms with Crippen LogP contribution in [0.15, 0.2) is 36.5 Å². The van der Waals surface area contributed by atoms with Crippen LogP contribution >= 0.6 is 0 Å². The Morgan fingerprint density at radius 1 is 1.00 bits per heavy atom. The van der Waals surface area contributed by atoms with Gasteiger partial charge in [0.15, 0.2) is 0 Å². The van der Waals surface area contributed by atoms with Crippen molar-refractivity contribution >= 4 is 5.97 Å². The number of aliphatic carboxylic acids is 1. The van der Waals surface area contributed by atoms with E-state index in [0.717, 1.165) is 38.5 Å². The van der Waals surface area contributed by atoms with Crippen molar-refractivity contribution in [3.05, 3.63) is 36.5 Å². The minimum Gasteiger partial charge on any atom is -0.481 e. The van der Waals surface area contributed by atoms with Gasteiger partial charge in [0.05, 0.1) is 0 Å². The van der Waals surface area contributed by atoms with Crippen molar-refractivity contribution in [3.63, 3.8) is 0 Å². The first-order chi connectivity index (χ1) is 8.27. The summed E-state index contributed by atoms with van der Waals surface area (Å²) in [5.74, 6) is -0.689. The second-order valence-corrected chi connectivity index (χ2v) is 3.96. The number of hydrogen-bond acceptors (Lipinski definition) is 1. The SMILES string of the molecule is CC/C=C\C=C/C/C=C\CCCCCC(=O)O. The third-order valence-electron chi connectivity index (χ3n) is 2.32. The average molecular weight is 236 g/mol. The molecule has 0 aromatic rings. The maximum absolute atomic E-state index is 10.3. The molecule has 0 rings (SSSR count). The smallest absolute Gasteiger partial charge is 0.303 e. The Morgan fingerprint density at radius 3 is 2.47 bits per heavy atom. The van der Waals surface area contributed by atoms with Crippen LogP contribution in [0.3, 0.4) is 0 Å². The normalized spacial score (nSPS) is 12.1. The van der Waals surface area contributed by atoms with E-state index in [1.54, 1.807) is 0 Å². The minimum atomic E-state index is -0.689. The number of hydrogen-bond donors (Lipinski definition) is 1. The highest BCUT2D eigenvalue weighted by atomic mass is 16.4. The molecule has 0 atom stereocenters. The summed E-state index contributed by atoms with van der Waals surface area (Å²) in [6.45, 7) is 2.12. The van der Waals surface area contributed by atoms with Gasteiger partial charge >= 0.3 is 5.97 Å². The molecule has 0 amide bonds. The second kappa shape index (κ2) is 12.8. The largest absolute Gasteiger partial charge is 0.481 e. The number of allylic oxidation sites excluding steroid dienone is 6. The summed E-state index contributed by atoms with van der Waals surface area (Å²) in [5.41, 5.74) is 0. The minimum absolute atomic E-state index is 0.302. The molecular weight excluding hydrogens is 212 g/mol. The Balaban J connectivity index is 3.28. The van der Waals surface area contributed by atoms with E-state index in [4.69, 9.17) is 5.11 Å².